The molecule has 0 spiro atoms. The number of carbonyl (C=O) groups excluding carboxylic acids is 2. The van der Waals surface area contributed by atoms with Crippen molar-refractivity contribution >= 4 is 27.8 Å². The van der Waals surface area contributed by atoms with Gasteiger partial charge in [0.1, 0.15) is 12.2 Å². The Kier molecular flexibility index (Phi) is 5.95. The molecule has 1 aromatic rings. The maximum atomic E-state index is 12.3. The lowest BCUT2D eigenvalue weighted by Gasteiger charge is -2.25. The summed E-state index contributed by atoms with van der Waals surface area (Å²) in [5, 5.41) is 0. The topological polar surface area (TPSA) is 59.5 Å². The number of carbonyl (C=O) groups is 2. The highest BCUT2D eigenvalue weighted by atomic mass is 79.9. The largest absolute Gasteiger partial charge is 0.465 e. The molecule has 6 heteroatoms. The van der Waals surface area contributed by atoms with Gasteiger partial charge in [-0.2, -0.15) is 0 Å². The van der Waals surface area contributed by atoms with Gasteiger partial charge >= 0.3 is 5.97 Å². The molecule has 0 atom stereocenters. The third-order valence-electron chi connectivity index (χ3n) is 2.44. The molecule has 1 aromatic heterocycles. The maximum absolute atomic E-state index is 12.3. The van der Waals surface area contributed by atoms with Crippen molar-refractivity contribution in [3.8, 4) is 0 Å². The minimum absolute atomic E-state index is 0.0674. The van der Waals surface area contributed by atoms with Crippen LogP contribution in [0.3, 0.4) is 0 Å². The van der Waals surface area contributed by atoms with Crippen molar-refractivity contribution in [2.75, 3.05) is 13.2 Å². The highest BCUT2D eigenvalue weighted by Crippen LogP contribution is 2.11. The van der Waals surface area contributed by atoms with Crippen LogP contribution in [-0.2, 0) is 9.53 Å². The third kappa shape index (κ3) is 4.63. The zero-order valence-corrected chi connectivity index (χ0v) is 12.8. The fraction of sp³-hybridized carbons (Fsp3) is 0.462. The van der Waals surface area contributed by atoms with Gasteiger partial charge in [-0.05, 0) is 48.8 Å². The Hall–Kier alpha value is -1.43. The molecular weight excluding hydrogens is 312 g/mol. The average molecular weight is 329 g/mol. The predicted octanol–water partition coefficient (Wildman–Crippen LogP) is 2.26. The molecule has 0 unspecified atom stereocenters. The van der Waals surface area contributed by atoms with Gasteiger partial charge < -0.3 is 9.64 Å². The molecular formula is C13H17BrN2O3. The lowest BCUT2D eigenvalue weighted by atomic mass is 10.2. The summed E-state index contributed by atoms with van der Waals surface area (Å²) in [5.41, 5.74) is 0.307. The van der Waals surface area contributed by atoms with Crippen molar-refractivity contribution in [3.63, 3.8) is 0 Å². The number of hydrogen-bond donors (Lipinski definition) is 0. The standard InChI is InChI=1S/C13H17BrN2O3/c1-4-19-12(17)8-16(9(2)3)13(18)11-6-5-10(14)7-15-11/h5-7,9H,4,8H2,1-3H3. The van der Waals surface area contributed by atoms with E-state index in [-0.39, 0.29) is 18.5 Å². The van der Waals surface area contributed by atoms with E-state index < -0.39 is 5.97 Å². The molecule has 0 saturated heterocycles. The number of aromatic nitrogens is 1. The number of amides is 1. The van der Waals surface area contributed by atoms with Gasteiger partial charge in [0, 0.05) is 16.7 Å². The molecule has 1 rings (SSSR count). The van der Waals surface area contributed by atoms with Crippen LogP contribution in [0.4, 0.5) is 0 Å². The van der Waals surface area contributed by atoms with E-state index >= 15 is 0 Å². The average Bonchev–Trinajstić information content (AvgIpc) is 2.36. The molecule has 0 saturated carbocycles. The molecule has 0 aromatic carbocycles. The fourth-order valence-corrected chi connectivity index (χ4v) is 1.72. The van der Waals surface area contributed by atoms with Gasteiger partial charge in [0.05, 0.1) is 6.61 Å². The van der Waals surface area contributed by atoms with Gasteiger partial charge in [-0.1, -0.05) is 0 Å². The van der Waals surface area contributed by atoms with E-state index in [4.69, 9.17) is 4.74 Å². The van der Waals surface area contributed by atoms with E-state index in [9.17, 15) is 9.59 Å². The van der Waals surface area contributed by atoms with Crippen LogP contribution >= 0.6 is 15.9 Å². The van der Waals surface area contributed by atoms with Crippen molar-refractivity contribution in [1.82, 2.24) is 9.88 Å². The summed E-state index contributed by atoms with van der Waals surface area (Å²) in [6.45, 7) is 5.65. The molecule has 1 heterocycles. The van der Waals surface area contributed by atoms with Gasteiger partial charge in [0.25, 0.3) is 5.91 Å². The first-order chi connectivity index (χ1) is 8.95. The number of hydrogen-bond acceptors (Lipinski definition) is 4. The molecule has 0 fully saturated rings. The first-order valence-electron chi connectivity index (χ1n) is 6.03. The van der Waals surface area contributed by atoms with E-state index in [1.807, 2.05) is 13.8 Å². The summed E-state index contributed by atoms with van der Waals surface area (Å²) in [6, 6.07) is 3.25. The van der Waals surface area contributed by atoms with Gasteiger partial charge in [-0.25, -0.2) is 4.98 Å². The van der Waals surface area contributed by atoms with Crippen molar-refractivity contribution in [2.45, 2.75) is 26.8 Å². The molecule has 5 nitrogen and oxygen atoms in total. The van der Waals surface area contributed by atoms with E-state index in [0.717, 1.165) is 4.47 Å². The van der Waals surface area contributed by atoms with Crippen molar-refractivity contribution in [2.24, 2.45) is 0 Å². The molecule has 1 amide bonds. The summed E-state index contributed by atoms with van der Waals surface area (Å²) in [7, 11) is 0. The van der Waals surface area contributed by atoms with Crippen LogP contribution in [0.1, 0.15) is 31.3 Å². The highest BCUT2D eigenvalue weighted by molar-refractivity contribution is 9.10. The fourth-order valence-electron chi connectivity index (χ4n) is 1.48. The van der Waals surface area contributed by atoms with E-state index in [1.54, 1.807) is 25.3 Å². The van der Waals surface area contributed by atoms with Gasteiger partial charge in [-0.15, -0.1) is 0 Å². The van der Waals surface area contributed by atoms with Crippen LogP contribution in [0.25, 0.3) is 0 Å². The minimum Gasteiger partial charge on any atom is -0.465 e. The third-order valence-corrected chi connectivity index (χ3v) is 2.90. The molecule has 0 N–H and O–H groups in total. The van der Waals surface area contributed by atoms with Crippen LogP contribution in [0.5, 0.6) is 0 Å². The Morgan fingerprint density at radius 3 is 2.58 bits per heavy atom. The van der Waals surface area contributed by atoms with Crippen LogP contribution in [0.15, 0.2) is 22.8 Å². The quantitative estimate of drug-likeness (QED) is 0.778. The van der Waals surface area contributed by atoms with Crippen LogP contribution in [0.2, 0.25) is 0 Å². The molecule has 0 bridgehead atoms. The number of rotatable bonds is 5. The predicted molar refractivity (Wildman–Crippen MR) is 74.7 cm³/mol. The van der Waals surface area contributed by atoms with Crippen LogP contribution < -0.4 is 0 Å². The Morgan fingerprint density at radius 2 is 2.11 bits per heavy atom. The van der Waals surface area contributed by atoms with Gasteiger partial charge in [0.15, 0.2) is 0 Å². The molecule has 0 radical (unpaired) electrons. The Labute approximate surface area is 121 Å². The Morgan fingerprint density at radius 1 is 1.42 bits per heavy atom. The van der Waals surface area contributed by atoms with E-state index in [1.165, 1.54) is 4.90 Å². The summed E-state index contributed by atoms with van der Waals surface area (Å²) >= 11 is 3.26. The zero-order valence-electron chi connectivity index (χ0n) is 11.2. The summed E-state index contributed by atoms with van der Waals surface area (Å²) in [4.78, 5) is 29.3. The van der Waals surface area contributed by atoms with E-state index in [0.29, 0.717) is 12.3 Å². The maximum Gasteiger partial charge on any atom is 0.325 e. The summed E-state index contributed by atoms with van der Waals surface area (Å²) in [5.74, 6) is -0.697. The van der Waals surface area contributed by atoms with Crippen molar-refractivity contribution in [1.29, 1.82) is 0 Å². The second-order valence-corrected chi connectivity index (χ2v) is 5.11. The second kappa shape index (κ2) is 7.23. The van der Waals surface area contributed by atoms with Gasteiger partial charge in [0.2, 0.25) is 0 Å². The zero-order chi connectivity index (χ0) is 14.4. The van der Waals surface area contributed by atoms with Crippen molar-refractivity contribution < 1.29 is 14.3 Å². The van der Waals surface area contributed by atoms with Crippen LogP contribution in [0, 0.1) is 0 Å². The van der Waals surface area contributed by atoms with Gasteiger partial charge in [-0.3, -0.25) is 9.59 Å². The summed E-state index contributed by atoms with van der Waals surface area (Å²) in [6.07, 6.45) is 1.55. The van der Waals surface area contributed by atoms with E-state index in [2.05, 4.69) is 20.9 Å². The Balaban J connectivity index is 2.84. The molecule has 104 valence electrons. The summed E-state index contributed by atoms with van der Waals surface area (Å²) < 4.78 is 5.66. The first kappa shape index (κ1) is 15.6. The molecule has 0 aliphatic rings. The molecule has 0 aliphatic carbocycles. The smallest absolute Gasteiger partial charge is 0.325 e. The minimum atomic E-state index is -0.415. The number of ether oxygens (including phenoxy) is 1. The monoisotopic (exact) mass is 328 g/mol. The highest BCUT2D eigenvalue weighted by Gasteiger charge is 2.22. The lowest BCUT2D eigenvalue weighted by molar-refractivity contribution is -0.144. The Bertz CT molecular complexity index is 446. The number of halogens is 1. The molecule has 0 aliphatic heterocycles. The number of esters is 1. The first-order valence-corrected chi connectivity index (χ1v) is 6.83. The molecule has 19 heavy (non-hydrogen) atoms. The van der Waals surface area contributed by atoms with Crippen molar-refractivity contribution in [3.05, 3.63) is 28.5 Å². The van der Waals surface area contributed by atoms with Crippen LogP contribution in [-0.4, -0.2) is 41.0 Å². The lowest BCUT2D eigenvalue weighted by Crippen LogP contribution is -2.41. The normalized spacial score (nSPS) is 10.4. The second-order valence-electron chi connectivity index (χ2n) is 4.19. The SMILES string of the molecule is CCOC(=O)CN(C(=O)c1ccc(Br)cn1)C(C)C. The number of pyridine rings is 1. The number of nitrogens with zero attached hydrogens (tertiary/aromatic N) is 2.